The number of hydrogen-bond acceptors (Lipinski definition) is 2. The van der Waals surface area contributed by atoms with Crippen molar-refractivity contribution in [2.75, 3.05) is 0 Å². The minimum atomic E-state index is -0.390. The van der Waals surface area contributed by atoms with Gasteiger partial charge in [-0.15, -0.1) is 0 Å². The highest BCUT2D eigenvalue weighted by Gasteiger charge is 2.08. The molecule has 0 amide bonds. The number of carbonyl (C=O) groups is 1. The van der Waals surface area contributed by atoms with Gasteiger partial charge in [0, 0.05) is 23.5 Å². The molecular weight excluding hydrogens is 205 g/mol. The van der Waals surface area contributed by atoms with Gasteiger partial charge in [-0.3, -0.25) is 9.78 Å². The van der Waals surface area contributed by atoms with Crippen molar-refractivity contribution < 1.29 is 9.18 Å². The second kappa shape index (κ2) is 4.23. The molecular formula is C13H10FNO. The molecule has 0 N–H and O–H groups in total. The molecule has 0 aliphatic heterocycles. The largest absolute Gasteiger partial charge is 0.298 e. The van der Waals surface area contributed by atoms with Crippen LogP contribution in [0.3, 0.4) is 0 Å². The fourth-order valence-corrected chi connectivity index (χ4v) is 1.58. The van der Waals surface area contributed by atoms with Crippen LogP contribution < -0.4 is 0 Å². The Labute approximate surface area is 92.8 Å². The lowest BCUT2D eigenvalue weighted by atomic mass is 10.0. The standard InChI is InChI=1S/C13H10FNO/c1-9-6-12(10-2-4-15-5-3-10)13(14)7-11(9)8-16/h2-8H,1H3. The molecule has 2 nitrogen and oxygen atoms in total. The lowest BCUT2D eigenvalue weighted by Gasteiger charge is -2.06. The minimum absolute atomic E-state index is 0.385. The number of pyridine rings is 1. The molecule has 3 heteroatoms. The van der Waals surface area contributed by atoms with Crippen molar-refractivity contribution in [3.05, 3.63) is 53.6 Å². The molecule has 0 radical (unpaired) electrons. The van der Waals surface area contributed by atoms with Crippen molar-refractivity contribution in [3.63, 3.8) is 0 Å². The van der Waals surface area contributed by atoms with Gasteiger partial charge in [0.05, 0.1) is 0 Å². The van der Waals surface area contributed by atoms with E-state index in [1.54, 1.807) is 37.5 Å². The van der Waals surface area contributed by atoms with E-state index in [9.17, 15) is 9.18 Å². The van der Waals surface area contributed by atoms with Gasteiger partial charge in [-0.25, -0.2) is 4.39 Å². The van der Waals surface area contributed by atoms with Crippen LogP contribution in [-0.2, 0) is 0 Å². The number of rotatable bonds is 2. The fourth-order valence-electron chi connectivity index (χ4n) is 1.58. The number of aldehydes is 1. The van der Waals surface area contributed by atoms with Gasteiger partial charge < -0.3 is 0 Å². The van der Waals surface area contributed by atoms with Crippen LogP contribution >= 0.6 is 0 Å². The van der Waals surface area contributed by atoms with E-state index in [0.29, 0.717) is 17.4 Å². The van der Waals surface area contributed by atoms with E-state index < -0.39 is 0 Å². The third-order valence-corrected chi connectivity index (χ3v) is 2.47. The van der Waals surface area contributed by atoms with E-state index >= 15 is 0 Å². The number of aromatic nitrogens is 1. The first-order chi connectivity index (χ1) is 7.72. The average molecular weight is 215 g/mol. The van der Waals surface area contributed by atoms with Crippen LogP contribution in [0.25, 0.3) is 11.1 Å². The molecule has 0 bridgehead atoms. The monoisotopic (exact) mass is 215 g/mol. The van der Waals surface area contributed by atoms with E-state index in [0.717, 1.165) is 11.1 Å². The Morgan fingerprint density at radius 1 is 1.25 bits per heavy atom. The molecule has 0 aliphatic carbocycles. The molecule has 0 aliphatic rings. The highest BCUT2D eigenvalue weighted by Crippen LogP contribution is 2.24. The smallest absolute Gasteiger partial charge is 0.150 e. The quantitative estimate of drug-likeness (QED) is 0.721. The predicted octanol–water partition coefficient (Wildman–Crippen LogP) is 3.01. The molecule has 0 saturated heterocycles. The van der Waals surface area contributed by atoms with Crippen LogP contribution in [0.15, 0.2) is 36.7 Å². The van der Waals surface area contributed by atoms with Gasteiger partial charge in [0.1, 0.15) is 12.1 Å². The molecule has 1 heterocycles. The zero-order valence-corrected chi connectivity index (χ0v) is 8.77. The lowest BCUT2D eigenvalue weighted by molar-refractivity contribution is 0.112. The summed E-state index contributed by atoms with van der Waals surface area (Å²) in [6.07, 6.45) is 3.88. The molecule has 0 saturated carbocycles. The average Bonchev–Trinajstić information content (AvgIpc) is 2.32. The highest BCUT2D eigenvalue weighted by molar-refractivity contribution is 5.79. The third-order valence-electron chi connectivity index (χ3n) is 2.47. The summed E-state index contributed by atoms with van der Waals surface area (Å²) < 4.78 is 13.7. The Morgan fingerprint density at radius 2 is 1.94 bits per heavy atom. The third kappa shape index (κ3) is 1.84. The molecule has 1 aromatic carbocycles. The summed E-state index contributed by atoms with van der Waals surface area (Å²) in [4.78, 5) is 14.5. The number of hydrogen-bond donors (Lipinski definition) is 0. The van der Waals surface area contributed by atoms with Crippen molar-refractivity contribution in [1.82, 2.24) is 4.98 Å². The van der Waals surface area contributed by atoms with Crippen LogP contribution in [-0.4, -0.2) is 11.3 Å². The summed E-state index contributed by atoms with van der Waals surface area (Å²) in [7, 11) is 0. The van der Waals surface area contributed by atoms with Crippen molar-refractivity contribution >= 4 is 6.29 Å². The SMILES string of the molecule is Cc1cc(-c2ccncc2)c(F)cc1C=O. The summed E-state index contributed by atoms with van der Waals surface area (Å²) in [5, 5.41) is 0. The normalized spacial score (nSPS) is 10.1. The molecule has 0 fully saturated rings. The van der Waals surface area contributed by atoms with Crippen molar-refractivity contribution in [3.8, 4) is 11.1 Å². The van der Waals surface area contributed by atoms with E-state index in [-0.39, 0.29) is 5.82 Å². The van der Waals surface area contributed by atoms with Crippen LogP contribution in [0.2, 0.25) is 0 Å². The van der Waals surface area contributed by atoms with Gasteiger partial charge in [0.25, 0.3) is 0 Å². The fraction of sp³-hybridized carbons (Fsp3) is 0.0769. The molecule has 80 valence electrons. The number of nitrogens with zero attached hydrogens (tertiary/aromatic N) is 1. The summed E-state index contributed by atoms with van der Waals surface area (Å²) in [6.45, 7) is 1.79. The number of halogens is 1. The zero-order valence-electron chi connectivity index (χ0n) is 8.77. The Kier molecular flexibility index (Phi) is 2.77. The van der Waals surface area contributed by atoms with Crippen LogP contribution in [0.4, 0.5) is 4.39 Å². The molecule has 0 atom stereocenters. The van der Waals surface area contributed by atoms with E-state index in [1.165, 1.54) is 6.07 Å². The maximum Gasteiger partial charge on any atom is 0.150 e. The number of aryl methyl sites for hydroxylation is 1. The van der Waals surface area contributed by atoms with Crippen LogP contribution in [0.5, 0.6) is 0 Å². The van der Waals surface area contributed by atoms with Crippen LogP contribution in [0, 0.1) is 12.7 Å². The first-order valence-electron chi connectivity index (χ1n) is 4.88. The summed E-state index contributed by atoms with van der Waals surface area (Å²) in [5.74, 6) is -0.390. The molecule has 0 unspecified atom stereocenters. The van der Waals surface area contributed by atoms with Gasteiger partial charge in [-0.05, 0) is 42.3 Å². The Balaban J connectivity index is 2.59. The van der Waals surface area contributed by atoms with Crippen molar-refractivity contribution in [2.24, 2.45) is 0 Å². The molecule has 0 spiro atoms. The van der Waals surface area contributed by atoms with Gasteiger partial charge in [0.2, 0.25) is 0 Å². The summed E-state index contributed by atoms with van der Waals surface area (Å²) >= 11 is 0. The second-order valence-corrected chi connectivity index (χ2v) is 3.54. The van der Waals surface area contributed by atoms with Gasteiger partial charge in [0.15, 0.2) is 0 Å². The van der Waals surface area contributed by atoms with E-state index in [1.807, 2.05) is 0 Å². The van der Waals surface area contributed by atoms with E-state index in [2.05, 4.69) is 4.98 Å². The first kappa shape index (κ1) is 10.5. The summed E-state index contributed by atoms with van der Waals surface area (Å²) in [5.41, 5.74) is 2.40. The molecule has 1 aromatic heterocycles. The van der Waals surface area contributed by atoms with Gasteiger partial charge >= 0.3 is 0 Å². The minimum Gasteiger partial charge on any atom is -0.298 e. The predicted molar refractivity (Wildman–Crippen MR) is 59.8 cm³/mol. The van der Waals surface area contributed by atoms with Gasteiger partial charge in [-0.2, -0.15) is 0 Å². The zero-order chi connectivity index (χ0) is 11.5. The molecule has 16 heavy (non-hydrogen) atoms. The highest BCUT2D eigenvalue weighted by atomic mass is 19.1. The van der Waals surface area contributed by atoms with E-state index in [4.69, 9.17) is 0 Å². The lowest BCUT2D eigenvalue weighted by Crippen LogP contribution is -1.92. The maximum absolute atomic E-state index is 13.7. The topological polar surface area (TPSA) is 30.0 Å². The van der Waals surface area contributed by atoms with Gasteiger partial charge in [-0.1, -0.05) is 0 Å². The first-order valence-corrected chi connectivity index (χ1v) is 4.88. The summed E-state index contributed by atoms with van der Waals surface area (Å²) in [6, 6.07) is 6.41. The van der Waals surface area contributed by atoms with Crippen molar-refractivity contribution in [1.29, 1.82) is 0 Å². The Hall–Kier alpha value is -2.03. The van der Waals surface area contributed by atoms with Crippen LogP contribution in [0.1, 0.15) is 15.9 Å². The second-order valence-electron chi connectivity index (χ2n) is 3.54. The molecule has 2 rings (SSSR count). The number of carbonyl (C=O) groups excluding carboxylic acids is 1. The molecule has 2 aromatic rings. The number of benzene rings is 1. The Bertz CT molecular complexity index is 523. The van der Waals surface area contributed by atoms with Crippen molar-refractivity contribution in [2.45, 2.75) is 6.92 Å². The Morgan fingerprint density at radius 3 is 2.56 bits per heavy atom. The maximum atomic E-state index is 13.7.